The first-order valence-corrected chi connectivity index (χ1v) is 10.4. The van der Waals surface area contributed by atoms with E-state index in [1.54, 1.807) is 25.1 Å². The van der Waals surface area contributed by atoms with Crippen LogP contribution < -0.4 is 19.5 Å². The maximum atomic E-state index is 12.9. The van der Waals surface area contributed by atoms with Gasteiger partial charge in [-0.1, -0.05) is 11.6 Å². The van der Waals surface area contributed by atoms with Crippen LogP contribution in [0.1, 0.15) is 6.92 Å². The minimum atomic E-state index is -4.01. The molecule has 0 bridgehead atoms. The van der Waals surface area contributed by atoms with Crippen LogP contribution in [-0.2, 0) is 14.8 Å². The maximum absolute atomic E-state index is 12.9. The van der Waals surface area contributed by atoms with Gasteiger partial charge in [-0.2, -0.15) is 4.31 Å². The Morgan fingerprint density at radius 2 is 1.72 bits per heavy atom. The summed E-state index contributed by atoms with van der Waals surface area (Å²) in [6, 6.07) is 9.15. The molecule has 0 saturated carbocycles. The van der Waals surface area contributed by atoms with Crippen molar-refractivity contribution in [1.82, 2.24) is 4.31 Å². The minimum Gasteiger partial charge on any atom is -0.493 e. The van der Waals surface area contributed by atoms with Gasteiger partial charge in [0.1, 0.15) is 10.6 Å². The highest BCUT2D eigenvalue weighted by Crippen LogP contribution is 2.31. The largest absolute Gasteiger partial charge is 0.493 e. The Hall–Kier alpha value is -2.49. The number of nitrogens with zero attached hydrogens (tertiary/aromatic N) is 1. The summed E-state index contributed by atoms with van der Waals surface area (Å²) in [7, 11) is 0.278. The molecule has 0 unspecified atom stereocenters. The molecular formula is C19H23ClN2O6S. The van der Waals surface area contributed by atoms with Crippen molar-refractivity contribution < 1.29 is 27.4 Å². The Morgan fingerprint density at radius 3 is 2.34 bits per heavy atom. The molecule has 0 fully saturated rings. The van der Waals surface area contributed by atoms with Crippen LogP contribution in [-0.4, -0.2) is 53.0 Å². The first kappa shape index (κ1) is 22.8. The van der Waals surface area contributed by atoms with Gasteiger partial charge in [0.2, 0.25) is 15.9 Å². The molecule has 0 saturated heterocycles. The molecular weight excluding hydrogens is 420 g/mol. The van der Waals surface area contributed by atoms with E-state index in [0.717, 1.165) is 4.31 Å². The van der Waals surface area contributed by atoms with E-state index in [-0.39, 0.29) is 22.3 Å². The smallest absolute Gasteiger partial charge is 0.247 e. The number of hydrogen-bond acceptors (Lipinski definition) is 6. The van der Waals surface area contributed by atoms with Gasteiger partial charge < -0.3 is 19.5 Å². The van der Waals surface area contributed by atoms with Crippen molar-refractivity contribution in [1.29, 1.82) is 0 Å². The zero-order valence-corrected chi connectivity index (χ0v) is 18.1. The molecule has 0 aliphatic carbocycles. The monoisotopic (exact) mass is 442 g/mol. The molecule has 2 aromatic carbocycles. The molecule has 8 nitrogen and oxygen atoms in total. The highest BCUT2D eigenvalue weighted by atomic mass is 35.5. The van der Waals surface area contributed by atoms with Crippen molar-refractivity contribution in [2.24, 2.45) is 0 Å². The Morgan fingerprint density at radius 1 is 1.07 bits per heavy atom. The van der Waals surface area contributed by atoms with Crippen molar-refractivity contribution in [2.45, 2.75) is 11.8 Å². The molecule has 0 spiro atoms. The molecule has 0 heterocycles. The molecule has 10 heteroatoms. The van der Waals surface area contributed by atoms with E-state index in [1.807, 2.05) is 0 Å². The van der Waals surface area contributed by atoms with Crippen molar-refractivity contribution in [3.05, 3.63) is 41.4 Å². The zero-order valence-electron chi connectivity index (χ0n) is 16.6. The van der Waals surface area contributed by atoms with E-state index >= 15 is 0 Å². The first-order valence-electron chi connectivity index (χ1n) is 8.63. The lowest BCUT2D eigenvalue weighted by Gasteiger charge is -2.19. The second kappa shape index (κ2) is 9.82. The molecule has 0 radical (unpaired) electrons. The van der Waals surface area contributed by atoms with Crippen molar-refractivity contribution >= 4 is 33.2 Å². The van der Waals surface area contributed by atoms with Gasteiger partial charge in [-0.3, -0.25) is 4.79 Å². The summed E-state index contributed by atoms with van der Waals surface area (Å²) < 4.78 is 42.5. The van der Waals surface area contributed by atoms with E-state index in [2.05, 4.69) is 5.32 Å². The molecule has 2 rings (SSSR count). The Kier molecular flexibility index (Phi) is 7.72. The van der Waals surface area contributed by atoms with Crippen molar-refractivity contribution in [3.8, 4) is 17.2 Å². The number of hydrogen-bond donors (Lipinski definition) is 1. The lowest BCUT2D eigenvalue weighted by atomic mass is 10.2. The summed E-state index contributed by atoms with van der Waals surface area (Å²) in [6.07, 6.45) is 0. The Labute approximate surface area is 175 Å². The van der Waals surface area contributed by atoms with E-state index in [9.17, 15) is 13.2 Å². The quantitative estimate of drug-likeness (QED) is 0.641. The van der Waals surface area contributed by atoms with E-state index < -0.39 is 22.5 Å². The van der Waals surface area contributed by atoms with Gasteiger partial charge in [-0.25, -0.2) is 8.42 Å². The number of sulfonamides is 1. The number of nitrogens with one attached hydrogen (secondary N) is 1. The molecule has 1 amide bonds. The van der Waals surface area contributed by atoms with Gasteiger partial charge in [0.05, 0.1) is 27.4 Å². The number of methoxy groups -OCH3 is 2. The molecule has 0 aliphatic rings. The van der Waals surface area contributed by atoms with Crippen LogP contribution in [0.5, 0.6) is 17.2 Å². The summed E-state index contributed by atoms with van der Waals surface area (Å²) >= 11 is 5.95. The molecule has 0 atom stereocenters. The second-order valence-electron chi connectivity index (χ2n) is 5.90. The number of carbonyl (C=O) groups excluding carboxylic acids is 1. The lowest BCUT2D eigenvalue weighted by molar-refractivity contribution is -0.116. The fraction of sp³-hybridized carbons (Fsp3) is 0.316. The van der Waals surface area contributed by atoms with Crippen LogP contribution >= 0.6 is 11.6 Å². The molecule has 158 valence electrons. The standard InChI is InChI=1S/C19H23ClN2O6S/c1-5-28-16-8-6-13(20)10-18(16)29(24,25)22(2)12-19(23)21-14-7-9-15(26-3)17(11-14)27-4/h6-11H,5,12H2,1-4H3,(H,21,23). The molecule has 29 heavy (non-hydrogen) atoms. The number of halogens is 1. The summed E-state index contributed by atoms with van der Waals surface area (Å²) in [4.78, 5) is 12.3. The van der Waals surface area contributed by atoms with E-state index in [1.165, 1.54) is 39.5 Å². The topological polar surface area (TPSA) is 94.2 Å². The van der Waals surface area contributed by atoms with Crippen LogP contribution in [0, 0.1) is 0 Å². The Balaban J connectivity index is 2.18. The highest BCUT2D eigenvalue weighted by Gasteiger charge is 2.27. The van der Waals surface area contributed by atoms with Gasteiger partial charge in [-0.15, -0.1) is 0 Å². The number of amides is 1. The van der Waals surface area contributed by atoms with Gasteiger partial charge in [0, 0.05) is 23.8 Å². The summed E-state index contributed by atoms with van der Waals surface area (Å²) in [5.41, 5.74) is 0.441. The predicted molar refractivity (Wildman–Crippen MR) is 111 cm³/mol. The predicted octanol–water partition coefficient (Wildman–Crippen LogP) is 3.02. The van der Waals surface area contributed by atoms with Gasteiger partial charge in [0.15, 0.2) is 11.5 Å². The average Bonchev–Trinajstić information content (AvgIpc) is 2.69. The third kappa shape index (κ3) is 5.53. The maximum Gasteiger partial charge on any atom is 0.247 e. The number of carbonyl (C=O) groups is 1. The number of ether oxygens (including phenoxy) is 3. The van der Waals surface area contributed by atoms with Crippen LogP contribution in [0.25, 0.3) is 0 Å². The first-order chi connectivity index (χ1) is 13.7. The Bertz CT molecular complexity index is 981. The summed E-state index contributed by atoms with van der Waals surface area (Å²) in [5.74, 6) is 0.591. The van der Waals surface area contributed by atoms with Crippen molar-refractivity contribution in [3.63, 3.8) is 0 Å². The van der Waals surface area contributed by atoms with Crippen LogP contribution in [0.2, 0.25) is 5.02 Å². The van der Waals surface area contributed by atoms with Crippen LogP contribution in [0.3, 0.4) is 0 Å². The molecule has 0 aliphatic heterocycles. The normalized spacial score (nSPS) is 11.2. The van der Waals surface area contributed by atoms with E-state index in [0.29, 0.717) is 17.2 Å². The van der Waals surface area contributed by atoms with Gasteiger partial charge in [0.25, 0.3) is 0 Å². The SMILES string of the molecule is CCOc1ccc(Cl)cc1S(=O)(=O)N(C)CC(=O)Nc1ccc(OC)c(OC)c1. The fourth-order valence-corrected chi connectivity index (χ4v) is 4.04. The third-order valence-electron chi connectivity index (χ3n) is 3.93. The second-order valence-corrected chi connectivity index (χ2v) is 8.35. The number of anilines is 1. The minimum absolute atomic E-state index is 0.103. The molecule has 0 aromatic heterocycles. The van der Waals surface area contributed by atoms with Gasteiger partial charge in [-0.05, 0) is 37.3 Å². The summed E-state index contributed by atoms with van der Waals surface area (Å²) in [5, 5.41) is 2.88. The highest BCUT2D eigenvalue weighted by molar-refractivity contribution is 7.89. The zero-order chi connectivity index (χ0) is 21.6. The molecule has 1 N–H and O–H groups in total. The van der Waals surface area contributed by atoms with Crippen LogP contribution in [0.4, 0.5) is 5.69 Å². The van der Waals surface area contributed by atoms with E-state index in [4.69, 9.17) is 25.8 Å². The molecule has 2 aromatic rings. The summed E-state index contributed by atoms with van der Waals surface area (Å²) in [6.45, 7) is 1.62. The number of rotatable bonds is 9. The third-order valence-corrected chi connectivity index (χ3v) is 5.99. The van der Waals surface area contributed by atoms with Crippen molar-refractivity contribution in [2.75, 3.05) is 39.7 Å². The number of benzene rings is 2. The average molecular weight is 443 g/mol. The van der Waals surface area contributed by atoms with Gasteiger partial charge >= 0.3 is 0 Å². The fourth-order valence-electron chi connectivity index (χ4n) is 2.53. The van der Waals surface area contributed by atoms with Crippen LogP contribution in [0.15, 0.2) is 41.3 Å². The number of likely N-dealkylation sites (N-methyl/N-ethyl adjacent to an activating group) is 1. The lowest BCUT2D eigenvalue weighted by Crippen LogP contribution is -2.35.